The molecule has 1 rings (SSSR count). The van der Waals surface area contributed by atoms with E-state index in [-0.39, 0.29) is 11.8 Å². The van der Waals surface area contributed by atoms with Crippen LogP contribution in [0.5, 0.6) is 0 Å². The number of ether oxygens (including phenoxy) is 1. The predicted molar refractivity (Wildman–Crippen MR) is 169 cm³/mol. The van der Waals surface area contributed by atoms with E-state index in [0.29, 0.717) is 19.4 Å². The minimum atomic E-state index is -1.42. The third kappa shape index (κ3) is 15.0. The number of nitrogens with zero attached hydrogens (tertiary/aromatic N) is 1. The SMILES string of the molecule is CCCCCCCCCCCCN(C(=O)CCCCCCCC)C1OC(CO)C(O)C(O)C1NC(=O)C(N)CC(C)C. The van der Waals surface area contributed by atoms with Gasteiger partial charge in [-0.15, -0.1) is 0 Å². The van der Waals surface area contributed by atoms with Crippen LogP contribution < -0.4 is 11.1 Å². The molecule has 1 fully saturated rings. The Morgan fingerprint density at radius 3 is 1.81 bits per heavy atom. The summed E-state index contributed by atoms with van der Waals surface area (Å²) in [5.41, 5.74) is 6.12. The Bertz CT molecular complexity index is 709. The van der Waals surface area contributed by atoms with Gasteiger partial charge in [-0.2, -0.15) is 0 Å². The number of unbranched alkanes of at least 4 members (excludes halogenated alkanes) is 14. The fourth-order valence-corrected chi connectivity index (χ4v) is 5.77. The first-order chi connectivity index (χ1) is 20.2. The molecule has 0 saturated carbocycles. The van der Waals surface area contributed by atoms with Crippen LogP contribution in [0.3, 0.4) is 0 Å². The van der Waals surface area contributed by atoms with Gasteiger partial charge in [0.25, 0.3) is 0 Å². The maximum atomic E-state index is 13.6. The third-order valence-corrected chi connectivity index (χ3v) is 8.40. The smallest absolute Gasteiger partial charge is 0.237 e. The van der Waals surface area contributed by atoms with Gasteiger partial charge in [0, 0.05) is 13.0 Å². The van der Waals surface area contributed by atoms with Gasteiger partial charge in [0.05, 0.1) is 12.6 Å². The molecule has 6 unspecified atom stereocenters. The lowest BCUT2D eigenvalue weighted by molar-refractivity contribution is -0.231. The first-order valence-electron chi connectivity index (χ1n) is 17.2. The van der Waals surface area contributed by atoms with Gasteiger partial charge < -0.3 is 36.0 Å². The molecule has 1 aliphatic rings. The number of carbonyl (C=O) groups excluding carboxylic acids is 2. The Balaban J connectivity index is 2.94. The molecule has 6 N–H and O–H groups in total. The summed E-state index contributed by atoms with van der Waals surface area (Å²) in [6, 6.07) is -1.86. The van der Waals surface area contributed by atoms with E-state index in [1.54, 1.807) is 4.90 Å². The second kappa shape index (κ2) is 23.2. The van der Waals surface area contributed by atoms with Crippen LogP contribution in [0, 0.1) is 5.92 Å². The molecule has 0 radical (unpaired) electrons. The van der Waals surface area contributed by atoms with Crippen molar-refractivity contribution >= 4 is 11.8 Å². The summed E-state index contributed by atoms with van der Waals surface area (Å²) < 4.78 is 6.07. The van der Waals surface area contributed by atoms with Crippen LogP contribution in [0.15, 0.2) is 0 Å². The van der Waals surface area contributed by atoms with Gasteiger partial charge in [0.2, 0.25) is 11.8 Å². The van der Waals surface area contributed by atoms with E-state index in [1.807, 2.05) is 13.8 Å². The Kier molecular flexibility index (Phi) is 21.4. The van der Waals surface area contributed by atoms with Crippen LogP contribution in [0.25, 0.3) is 0 Å². The maximum Gasteiger partial charge on any atom is 0.237 e. The van der Waals surface area contributed by atoms with E-state index in [2.05, 4.69) is 19.2 Å². The number of rotatable bonds is 24. The van der Waals surface area contributed by atoms with Crippen molar-refractivity contribution in [3.05, 3.63) is 0 Å². The van der Waals surface area contributed by atoms with E-state index in [0.717, 1.165) is 44.9 Å². The molecule has 1 saturated heterocycles. The average molecular weight is 600 g/mol. The van der Waals surface area contributed by atoms with Crippen molar-refractivity contribution in [3.63, 3.8) is 0 Å². The Morgan fingerprint density at radius 1 is 0.810 bits per heavy atom. The summed E-state index contributed by atoms with van der Waals surface area (Å²) in [5, 5.41) is 34.4. The fraction of sp³-hybridized carbons (Fsp3) is 0.939. The van der Waals surface area contributed by atoms with Gasteiger partial charge in [-0.25, -0.2) is 0 Å². The van der Waals surface area contributed by atoms with Crippen LogP contribution in [0.1, 0.15) is 143 Å². The summed E-state index contributed by atoms with van der Waals surface area (Å²) in [6.45, 7) is 8.25. The summed E-state index contributed by atoms with van der Waals surface area (Å²) >= 11 is 0. The van der Waals surface area contributed by atoms with Crippen molar-refractivity contribution in [1.29, 1.82) is 0 Å². The lowest BCUT2D eigenvalue weighted by Crippen LogP contribution is -2.69. The number of aliphatic hydroxyl groups is 3. The monoisotopic (exact) mass is 599 g/mol. The Morgan fingerprint density at radius 2 is 1.31 bits per heavy atom. The molecule has 1 aliphatic heterocycles. The van der Waals surface area contributed by atoms with Crippen molar-refractivity contribution in [2.75, 3.05) is 13.2 Å². The minimum Gasteiger partial charge on any atom is -0.394 e. The summed E-state index contributed by atoms with van der Waals surface area (Å²) in [6.07, 6.45) is 13.9. The number of nitrogens with two attached hydrogens (primary N) is 1. The number of nitrogens with one attached hydrogen (secondary N) is 1. The molecular weight excluding hydrogens is 534 g/mol. The Labute approximate surface area is 256 Å². The van der Waals surface area contributed by atoms with E-state index < -0.39 is 49.1 Å². The standard InChI is InChI=1S/C33H65N3O6/c1-5-7-9-11-13-14-15-16-18-20-22-36(28(38)21-19-17-12-10-8-6-2)33-29(31(40)30(39)27(24-37)42-33)35-32(41)26(34)23-25(3)4/h25-27,29-31,33,37,39-40H,5-24,34H2,1-4H3,(H,35,41). The largest absolute Gasteiger partial charge is 0.394 e. The quantitative estimate of drug-likeness (QED) is 0.100. The zero-order chi connectivity index (χ0) is 31.3. The predicted octanol–water partition coefficient (Wildman–Crippen LogP) is 4.78. The topological polar surface area (TPSA) is 145 Å². The molecule has 42 heavy (non-hydrogen) atoms. The first kappa shape index (κ1) is 38.8. The molecule has 2 amide bonds. The van der Waals surface area contributed by atoms with Crippen LogP contribution >= 0.6 is 0 Å². The van der Waals surface area contributed by atoms with Crippen molar-refractivity contribution in [1.82, 2.24) is 10.2 Å². The molecular formula is C33H65N3O6. The minimum absolute atomic E-state index is 0.0996. The normalized spacial score (nSPS) is 23.2. The average Bonchev–Trinajstić information content (AvgIpc) is 2.96. The zero-order valence-corrected chi connectivity index (χ0v) is 27.3. The van der Waals surface area contributed by atoms with E-state index in [1.165, 1.54) is 57.8 Å². The molecule has 0 aromatic rings. The van der Waals surface area contributed by atoms with Crippen molar-refractivity contribution in [3.8, 4) is 0 Å². The number of amides is 2. The van der Waals surface area contributed by atoms with Crippen LogP contribution in [-0.4, -0.2) is 81.8 Å². The molecule has 1 heterocycles. The molecule has 0 aromatic carbocycles. The second-order valence-corrected chi connectivity index (χ2v) is 12.8. The molecule has 248 valence electrons. The highest BCUT2D eigenvalue weighted by Crippen LogP contribution is 2.26. The van der Waals surface area contributed by atoms with E-state index in [4.69, 9.17) is 10.5 Å². The van der Waals surface area contributed by atoms with Gasteiger partial charge >= 0.3 is 0 Å². The van der Waals surface area contributed by atoms with Crippen molar-refractivity contribution < 1.29 is 29.6 Å². The molecule has 0 aromatic heterocycles. The summed E-state index contributed by atoms with van der Waals surface area (Å²) in [4.78, 5) is 28.2. The fourth-order valence-electron chi connectivity index (χ4n) is 5.77. The highest BCUT2D eigenvalue weighted by molar-refractivity contribution is 5.82. The van der Waals surface area contributed by atoms with Gasteiger partial charge in [0.15, 0.2) is 6.23 Å². The highest BCUT2D eigenvalue weighted by Gasteiger charge is 2.48. The van der Waals surface area contributed by atoms with Gasteiger partial charge in [-0.05, 0) is 25.2 Å². The third-order valence-electron chi connectivity index (χ3n) is 8.40. The van der Waals surface area contributed by atoms with Gasteiger partial charge in [-0.1, -0.05) is 118 Å². The maximum absolute atomic E-state index is 13.6. The highest BCUT2D eigenvalue weighted by atomic mass is 16.5. The van der Waals surface area contributed by atoms with E-state index in [9.17, 15) is 24.9 Å². The van der Waals surface area contributed by atoms with Crippen molar-refractivity contribution in [2.24, 2.45) is 11.7 Å². The molecule has 0 spiro atoms. The van der Waals surface area contributed by atoms with Crippen LogP contribution in [-0.2, 0) is 14.3 Å². The van der Waals surface area contributed by atoms with E-state index >= 15 is 0 Å². The number of carbonyl (C=O) groups is 2. The number of hydrogen-bond acceptors (Lipinski definition) is 7. The first-order valence-corrected chi connectivity index (χ1v) is 17.2. The molecule has 9 heteroatoms. The van der Waals surface area contributed by atoms with Crippen LogP contribution in [0.2, 0.25) is 0 Å². The summed E-state index contributed by atoms with van der Waals surface area (Å²) in [7, 11) is 0. The van der Waals surface area contributed by atoms with Gasteiger partial charge in [0.1, 0.15) is 24.4 Å². The van der Waals surface area contributed by atoms with Crippen molar-refractivity contribution in [2.45, 2.75) is 180 Å². The second-order valence-electron chi connectivity index (χ2n) is 12.8. The zero-order valence-electron chi connectivity index (χ0n) is 27.3. The van der Waals surface area contributed by atoms with Crippen LogP contribution in [0.4, 0.5) is 0 Å². The molecule has 9 nitrogen and oxygen atoms in total. The lowest BCUT2D eigenvalue weighted by Gasteiger charge is -2.47. The summed E-state index contributed by atoms with van der Waals surface area (Å²) in [5.74, 6) is -0.360. The lowest BCUT2D eigenvalue weighted by atomic mass is 9.94. The Hall–Kier alpha value is -1.26. The molecule has 0 bridgehead atoms. The molecule has 0 aliphatic carbocycles. The molecule has 6 atom stereocenters. The number of aliphatic hydroxyl groups excluding tert-OH is 3. The number of hydrogen-bond donors (Lipinski definition) is 5. The van der Waals surface area contributed by atoms with Gasteiger partial charge in [-0.3, -0.25) is 9.59 Å².